The van der Waals surface area contributed by atoms with Crippen LogP contribution in [0.4, 0.5) is 10.1 Å². The first-order chi connectivity index (χ1) is 10.1. The number of nitrogens with zero attached hydrogens (tertiary/aromatic N) is 1. The van der Waals surface area contributed by atoms with Gasteiger partial charge in [-0.15, -0.1) is 0 Å². The Hall–Kier alpha value is -1.88. The summed E-state index contributed by atoms with van der Waals surface area (Å²) in [5.41, 5.74) is 1.44. The average molecular weight is 350 g/mol. The van der Waals surface area contributed by atoms with Gasteiger partial charge in [0.2, 0.25) is 0 Å². The summed E-state index contributed by atoms with van der Waals surface area (Å²) in [5.74, 6) is -0.0860. The van der Waals surface area contributed by atoms with Crippen molar-refractivity contribution in [1.29, 1.82) is 0 Å². The molecule has 0 saturated heterocycles. The Bertz CT molecular complexity index is 690. The van der Waals surface area contributed by atoms with E-state index in [-0.39, 0.29) is 5.91 Å². The van der Waals surface area contributed by atoms with E-state index < -0.39 is 11.9 Å². The van der Waals surface area contributed by atoms with E-state index in [2.05, 4.69) is 15.9 Å². The summed E-state index contributed by atoms with van der Waals surface area (Å²) in [6, 6.07) is 12.5. The molecule has 1 heterocycles. The molecule has 0 N–H and O–H groups in total. The first-order valence-corrected chi connectivity index (χ1v) is 7.36. The van der Waals surface area contributed by atoms with Gasteiger partial charge in [-0.3, -0.25) is 4.79 Å². The number of rotatable bonds is 2. The molecule has 0 bridgehead atoms. The maximum absolute atomic E-state index is 13.8. The molecule has 1 atom stereocenters. The van der Waals surface area contributed by atoms with Crippen LogP contribution >= 0.6 is 15.9 Å². The molecule has 2 aromatic carbocycles. The highest BCUT2D eigenvalue weighted by Crippen LogP contribution is 2.38. The van der Waals surface area contributed by atoms with Crippen molar-refractivity contribution in [3.8, 4) is 5.75 Å². The molecule has 3 rings (SSSR count). The fourth-order valence-electron chi connectivity index (χ4n) is 2.33. The van der Waals surface area contributed by atoms with Crippen LogP contribution in [-0.4, -0.2) is 12.0 Å². The second-order valence-corrected chi connectivity index (χ2v) is 5.76. The summed E-state index contributed by atoms with van der Waals surface area (Å²) in [7, 11) is 0. The van der Waals surface area contributed by atoms with Gasteiger partial charge in [0.05, 0.1) is 16.7 Å². The van der Waals surface area contributed by atoms with Crippen LogP contribution < -0.4 is 9.64 Å². The first kappa shape index (κ1) is 14.1. The molecule has 0 radical (unpaired) electrons. The van der Waals surface area contributed by atoms with E-state index in [1.54, 1.807) is 17.9 Å². The van der Waals surface area contributed by atoms with Gasteiger partial charge >= 0.3 is 0 Å². The number of ether oxygens (including phenoxy) is 1. The fraction of sp³-hybridized carbons (Fsp3) is 0.188. The Morgan fingerprint density at radius 1 is 1.29 bits per heavy atom. The van der Waals surface area contributed by atoms with Crippen LogP contribution in [0.15, 0.2) is 46.9 Å². The molecule has 0 aliphatic carbocycles. The molecule has 5 heteroatoms. The summed E-state index contributed by atoms with van der Waals surface area (Å²) >= 11 is 3.14. The van der Waals surface area contributed by atoms with Gasteiger partial charge in [-0.25, -0.2) is 4.39 Å². The zero-order chi connectivity index (χ0) is 15.0. The lowest BCUT2D eigenvalue weighted by molar-refractivity contribution is -0.125. The second kappa shape index (κ2) is 5.48. The molecule has 2 aromatic rings. The van der Waals surface area contributed by atoms with E-state index >= 15 is 0 Å². The molecule has 0 spiro atoms. The standard InChI is InChI=1S/C16H13BrFNO2/c1-10-16(20)19(9-11-5-3-2-4-6-11)14-8-13(18)12(17)7-15(14)21-10/h2-8,10H,9H2,1H3/t10-/m1/s1. The highest BCUT2D eigenvalue weighted by Gasteiger charge is 2.32. The van der Waals surface area contributed by atoms with Crippen molar-refractivity contribution >= 4 is 27.5 Å². The predicted octanol–water partition coefficient (Wildman–Crippen LogP) is 3.90. The smallest absolute Gasteiger partial charge is 0.268 e. The lowest BCUT2D eigenvalue weighted by Gasteiger charge is -2.33. The van der Waals surface area contributed by atoms with E-state index in [1.165, 1.54) is 6.07 Å². The van der Waals surface area contributed by atoms with Gasteiger partial charge in [0.1, 0.15) is 11.6 Å². The molecule has 108 valence electrons. The maximum Gasteiger partial charge on any atom is 0.268 e. The molecular weight excluding hydrogens is 337 g/mol. The van der Waals surface area contributed by atoms with E-state index in [0.29, 0.717) is 22.5 Å². The zero-order valence-electron chi connectivity index (χ0n) is 11.3. The third-order valence-corrected chi connectivity index (χ3v) is 4.00. The minimum absolute atomic E-state index is 0.173. The Kier molecular flexibility index (Phi) is 3.68. The summed E-state index contributed by atoms with van der Waals surface area (Å²) in [6.07, 6.45) is -0.585. The minimum Gasteiger partial charge on any atom is -0.479 e. The van der Waals surface area contributed by atoms with Crippen LogP contribution in [0.5, 0.6) is 5.75 Å². The zero-order valence-corrected chi connectivity index (χ0v) is 12.9. The van der Waals surface area contributed by atoms with Gasteiger partial charge in [-0.1, -0.05) is 30.3 Å². The van der Waals surface area contributed by atoms with E-state index in [4.69, 9.17) is 4.74 Å². The monoisotopic (exact) mass is 349 g/mol. The van der Waals surface area contributed by atoms with Crippen LogP contribution in [0, 0.1) is 5.82 Å². The summed E-state index contributed by atoms with van der Waals surface area (Å²) in [5, 5.41) is 0. The number of amides is 1. The average Bonchev–Trinajstić information content (AvgIpc) is 2.47. The van der Waals surface area contributed by atoms with Crippen LogP contribution in [-0.2, 0) is 11.3 Å². The molecule has 21 heavy (non-hydrogen) atoms. The largest absolute Gasteiger partial charge is 0.479 e. The van der Waals surface area contributed by atoms with Crippen LogP contribution in [0.25, 0.3) is 0 Å². The third-order valence-electron chi connectivity index (χ3n) is 3.39. The molecule has 1 amide bonds. The Morgan fingerprint density at radius 2 is 2.00 bits per heavy atom. The number of carbonyl (C=O) groups excluding carboxylic acids is 1. The number of hydrogen-bond donors (Lipinski definition) is 0. The van der Waals surface area contributed by atoms with E-state index in [1.807, 2.05) is 30.3 Å². The minimum atomic E-state index is -0.585. The SMILES string of the molecule is C[C@H]1Oc2cc(Br)c(F)cc2N(Cc2ccccc2)C1=O. The van der Waals surface area contributed by atoms with Gasteiger partial charge in [0.15, 0.2) is 6.10 Å². The summed E-state index contributed by atoms with van der Waals surface area (Å²) in [6.45, 7) is 2.09. The van der Waals surface area contributed by atoms with Crippen molar-refractivity contribution in [3.05, 3.63) is 58.3 Å². The summed E-state index contributed by atoms with van der Waals surface area (Å²) < 4.78 is 19.7. The lowest BCUT2D eigenvalue weighted by atomic mass is 10.1. The van der Waals surface area contributed by atoms with Crippen molar-refractivity contribution in [1.82, 2.24) is 0 Å². The second-order valence-electron chi connectivity index (χ2n) is 4.90. The number of hydrogen-bond acceptors (Lipinski definition) is 2. The molecule has 1 aliphatic rings. The van der Waals surface area contributed by atoms with Crippen LogP contribution in [0.1, 0.15) is 12.5 Å². The number of anilines is 1. The molecule has 0 aromatic heterocycles. The Balaban J connectivity index is 2.03. The highest BCUT2D eigenvalue weighted by molar-refractivity contribution is 9.10. The van der Waals surface area contributed by atoms with E-state index in [0.717, 1.165) is 5.56 Å². The van der Waals surface area contributed by atoms with Crippen molar-refractivity contribution in [2.75, 3.05) is 4.90 Å². The molecule has 1 aliphatic heterocycles. The fourth-order valence-corrected chi connectivity index (χ4v) is 2.65. The molecule has 0 unspecified atom stereocenters. The third kappa shape index (κ3) is 2.65. The van der Waals surface area contributed by atoms with Crippen LogP contribution in [0.2, 0.25) is 0 Å². The lowest BCUT2D eigenvalue weighted by Crippen LogP contribution is -2.44. The van der Waals surface area contributed by atoms with Crippen LogP contribution in [0.3, 0.4) is 0 Å². The number of benzene rings is 2. The summed E-state index contributed by atoms with van der Waals surface area (Å²) in [4.78, 5) is 13.9. The highest BCUT2D eigenvalue weighted by atomic mass is 79.9. The number of carbonyl (C=O) groups is 1. The molecule has 0 fully saturated rings. The topological polar surface area (TPSA) is 29.5 Å². The maximum atomic E-state index is 13.8. The normalized spacial score (nSPS) is 17.4. The molecule has 0 saturated carbocycles. The number of halogens is 2. The van der Waals surface area contributed by atoms with Crippen molar-refractivity contribution < 1.29 is 13.9 Å². The van der Waals surface area contributed by atoms with Crippen molar-refractivity contribution in [2.24, 2.45) is 0 Å². The Morgan fingerprint density at radius 3 is 2.71 bits per heavy atom. The van der Waals surface area contributed by atoms with Gasteiger partial charge in [-0.05, 0) is 34.5 Å². The first-order valence-electron chi connectivity index (χ1n) is 6.57. The van der Waals surface area contributed by atoms with Gasteiger partial charge in [-0.2, -0.15) is 0 Å². The van der Waals surface area contributed by atoms with Gasteiger partial charge < -0.3 is 9.64 Å². The van der Waals surface area contributed by atoms with Gasteiger partial charge in [0.25, 0.3) is 5.91 Å². The van der Waals surface area contributed by atoms with Crippen molar-refractivity contribution in [2.45, 2.75) is 19.6 Å². The quantitative estimate of drug-likeness (QED) is 0.822. The molecule has 3 nitrogen and oxygen atoms in total. The number of fused-ring (bicyclic) bond motifs is 1. The van der Waals surface area contributed by atoms with Gasteiger partial charge in [0, 0.05) is 6.07 Å². The van der Waals surface area contributed by atoms with Crippen molar-refractivity contribution in [3.63, 3.8) is 0 Å². The Labute approximate surface area is 130 Å². The predicted molar refractivity (Wildman–Crippen MR) is 81.8 cm³/mol. The van der Waals surface area contributed by atoms with E-state index in [9.17, 15) is 9.18 Å². The molecular formula is C16H13BrFNO2.